The van der Waals surface area contributed by atoms with E-state index < -0.39 is 47.6 Å². The number of rotatable bonds is 7. The first-order chi connectivity index (χ1) is 13.2. The highest BCUT2D eigenvalue weighted by Gasteiger charge is 2.27. The Balaban J connectivity index is 2.11. The van der Waals surface area contributed by atoms with Gasteiger partial charge in [0.25, 0.3) is 5.91 Å². The number of amides is 2. The maximum absolute atomic E-state index is 13.8. The summed E-state index contributed by atoms with van der Waals surface area (Å²) in [6, 6.07) is 7.05. The van der Waals surface area contributed by atoms with Crippen molar-refractivity contribution < 1.29 is 31.9 Å². The lowest BCUT2D eigenvalue weighted by Gasteiger charge is -2.22. The number of benzene rings is 2. The summed E-state index contributed by atoms with van der Waals surface area (Å²) in [4.78, 5) is 24.7. The maximum Gasteiger partial charge on any atom is 0.387 e. The van der Waals surface area contributed by atoms with E-state index in [4.69, 9.17) is 0 Å². The van der Waals surface area contributed by atoms with E-state index in [2.05, 4.69) is 15.4 Å². The topological polar surface area (TPSA) is 67.4 Å². The summed E-state index contributed by atoms with van der Waals surface area (Å²) in [6.45, 7) is 0.309. The maximum atomic E-state index is 13.8. The molecule has 0 bridgehead atoms. The average Bonchev–Trinajstić information content (AvgIpc) is 2.60. The fraction of sp³-hybridized carbons (Fsp3) is 0.263. The van der Waals surface area contributed by atoms with Crippen LogP contribution in [-0.4, -0.2) is 24.5 Å². The molecule has 5 nitrogen and oxygen atoms in total. The third-order valence-electron chi connectivity index (χ3n) is 3.77. The normalized spacial score (nSPS) is 12.0. The van der Waals surface area contributed by atoms with Crippen molar-refractivity contribution in [1.82, 2.24) is 5.32 Å². The molecule has 1 atom stereocenters. The van der Waals surface area contributed by atoms with Gasteiger partial charge >= 0.3 is 6.61 Å². The summed E-state index contributed by atoms with van der Waals surface area (Å²) in [5.74, 6) is -4.28. The van der Waals surface area contributed by atoms with E-state index in [1.54, 1.807) is 13.8 Å². The van der Waals surface area contributed by atoms with Crippen LogP contribution in [0.3, 0.4) is 0 Å². The lowest BCUT2D eigenvalue weighted by Crippen LogP contribution is -2.47. The average molecular weight is 398 g/mol. The number of alkyl halides is 2. The molecular weight excluding hydrogens is 380 g/mol. The number of carbonyl (C=O) groups is 2. The predicted molar refractivity (Wildman–Crippen MR) is 94.2 cm³/mol. The summed E-state index contributed by atoms with van der Waals surface area (Å²) in [7, 11) is 0. The third-order valence-corrected chi connectivity index (χ3v) is 3.77. The largest absolute Gasteiger partial charge is 0.435 e. The molecule has 0 aliphatic rings. The quantitative estimate of drug-likeness (QED) is 0.694. The smallest absolute Gasteiger partial charge is 0.387 e. The number of ether oxygens (including phenoxy) is 1. The third kappa shape index (κ3) is 5.45. The highest BCUT2D eigenvalue weighted by molar-refractivity contribution is 6.01. The van der Waals surface area contributed by atoms with Crippen LogP contribution >= 0.6 is 0 Å². The van der Waals surface area contributed by atoms with Gasteiger partial charge in [0.2, 0.25) is 5.91 Å². The molecule has 2 aromatic rings. The Labute approximate surface area is 158 Å². The molecular formula is C19H18F4N2O3. The summed E-state index contributed by atoms with van der Waals surface area (Å²) >= 11 is 0. The van der Waals surface area contributed by atoms with E-state index in [0.717, 1.165) is 18.2 Å². The van der Waals surface area contributed by atoms with Gasteiger partial charge in [-0.3, -0.25) is 9.59 Å². The van der Waals surface area contributed by atoms with Gasteiger partial charge in [-0.25, -0.2) is 8.78 Å². The molecule has 0 aliphatic heterocycles. The van der Waals surface area contributed by atoms with E-state index in [1.807, 2.05) is 0 Å². The van der Waals surface area contributed by atoms with Crippen molar-refractivity contribution in [3.05, 3.63) is 59.7 Å². The number of anilines is 1. The van der Waals surface area contributed by atoms with Crippen LogP contribution in [0, 0.1) is 17.6 Å². The lowest BCUT2D eigenvalue weighted by molar-refractivity contribution is -0.118. The number of nitrogens with one attached hydrogen (secondary N) is 2. The van der Waals surface area contributed by atoms with Crippen molar-refractivity contribution in [3.8, 4) is 5.75 Å². The lowest BCUT2D eigenvalue weighted by atomic mass is 10.0. The minimum atomic E-state index is -2.97. The zero-order chi connectivity index (χ0) is 20.8. The van der Waals surface area contributed by atoms with Gasteiger partial charge in [0.05, 0.1) is 0 Å². The first-order valence-electron chi connectivity index (χ1n) is 8.29. The van der Waals surface area contributed by atoms with Crippen molar-refractivity contribution >= 4 is 17.5 Å². The molecule has 28 heavy (non-hydrogen) atoms. The van der Waals surface area contributed by atoms with Gasteiger partial charge in [-0.05, 0) is 42.3 Å². The first-order valence-corrected chi connectivity index (χ1v) is 8.29. The second-order valence-corrected chi connectivity index (χ2v) is 6.18. The van der Waals surface area contributed by atoms with Gasteiger partial charge in [-0.2, -0.15) is 8.78 Å². The summed E-state index contributed by atoms with van der Waals surface area (Å²) in [6.07, 6.45) is 0. The van der Waals surface area contributed by atoms with Crippen molar-refractivity contribution in [2.75, 3.05) is 5.32 Å². The Morgan fingerprint density at radius 3 is 2.04 bits per heavy atom. The van der Waals surface area contributed by atoms with Crippen LogP contribution in [0.15, 0.2) is 42.5 Å². The monoisotopic (exact) mass is 398 g/mol. The zero-order valence-electron chi connectivity index (χ0n) is 15.0. The fourth-order valence-corrected chi connectivity index (χ4v) is 2.40. The van der Waals surface area contributed by atoms with E-state index in [9.17, 15) is 27.2 Å². The number of halogens is 4. The predicted octanol–water partition coefficient (Wildman–Crippen LogP) is 3.96. The van der Waals surface area contributed by atoms with E-state index in [1.165, 1.54) is 24.3 Å². The molecule has 0 unspecified atom stereocenters. The zero-order valence-corrected chi connectivity index (χ0v) is 15.0. The highest BCUT2D eigenvalue weighted by atomic mass is 19.3. The molecule has 2 N–H and O–H groups in total. The molecule has 0 saturated heterocycles. The molecule has 0 saturated carbocycles. The fourth-order valence-electron chi connectivity index (χ4n) is 2.40. The van der Waals surface area contributed by atoms with Gasteiger partial charge < -0.3 is 15.4 Å². The van der Waals surface area contributed by atoms with E-state index in [0.29, 0.717) is 0 Å². The molecule has 0 aliphatic carbocycles. The van der Waals surface area contributed by atoms with E-state index in [-0.39, 0.29) is 11.4 Å². The Bertz CT molecular complexity index is 821. The molecule has 0 spiro atoms. The number of hydrogen-bond donors (Lipinski definition) is 2. The Morgan fingerprint density at radius 1 is 0.964 bits per heavy atom. The van der Waals surface area contributed by atoms with Gasteiger partial charge in [-0.15, -0.1) is 0 Å². The molecule has 0 fully saturated rings. The van der Waals surface area contributed by atoms with Crippen LogP contribution in [-0.2, 0) is 4.79 Å². The minimum Gasteiger partial charge on any atom is -0.435 e. The molecule has 0 heterocycles. The highest BCUT2D eigenvalue weighted by Crippen LogP contribution is 2.19. The number of hydrogen-bond acceptors (Lipinski definition) is 3. The Kier molecular flexibility index (Phi) is 6.97. The van der Waals surface area contributed by atoms with Gasteiger partial charge in [0.1, 0.15) is 29.0 Å². The second kappa shape index (κ2) is 9.20. The van der Waals surface area contributed by atoms with Crippen molar-refractivity contribution in [1.29, 1.82) is 0 Å². The van der Waals surface area contributed by atoms with Crippen molar-refractivity contribution in [2.45, 2.75) is 26.5 Å². The Morgan fingerprint density at radius 2 is 1.54 bits per heavy atom. The van der Waals surface area contributed by atoms with Crippen LogP contribution in [0.1, 0.15) is 24.2 Å². The number of carbonyl (C=O) groups excluding carboxylic acids is 2. The standard InChI is InChI=1S/C19H18F4N2O3/c1-10(2)16(25-17(26)15-13(20)4-3-5-14(15)21)18(27)24-11-6-8-12(9-7-11)28-19(22)23/h3-10,16,19H,1-2H3,(H,24,27)(H,25,26)/t16-/m0/s1. The van der Waals surface area contributed by atoms with E-state index >= 15 is 0 Å². The molecule has 0 aromatic heterocycles. The minimum absolute atomic E-state index is 0.0864. The SMILES string of the molecule is CC(C)[C@H](NC(=O)c1c(F)cccc1F)C(=O)Nc1ccc(OC(F)F)cc1. The molecule has 2 aromatic carbocycles. The van der Waals surface area contributed by atoms with Crippen LogP contribution in [0.4, 0.5) is 23.2 Å². The first kappa shape index (κ1) is 21.2. The Hall–Kier alpha value is -3.10. The van der Waals surface area contributed by atoms with Gasteiger partial charge in [0.15, 0.2) is 0 Å². The van der Waals surface area contributed by atoms with Gasteiger partial charge in [-0.1, -0.05) is 19.9 Å². The van der Waals surface area contributed by atoms with Crippen LogP contribution < -0.4 is 15.4 Å². The molecule has 2 amide bonds. The van der Waals surface area contributed by atoms with Crippen LogP contribution in [0.5, 0.6) is 5.75 Å². The molecule has 9 heteroatoms. The summed E-state index contributed by atoms with van der Waals surface area (Å²) in [5, 5.41) is 4.82. The molecule has 150 valence electrons. The summed E-state index contributed by atoms with van der Waals surface area (Å²) in [5.41, 5.74) is -0.516. The van der Waals surface area contributed by atoms with Crippen LogP contribution in [0.2, 0.25) is 0 Å². The van der Waals surface area contributed by atoms with Crippen molar-refractivity contribution in [2.24, 2.45) is 5.92 Å². The second-order valence-electron chi connectivity index (χ2n) is 6.18. The molecule has 2 rings (SSSR count). The van der Waals surface area contributed by atoms with Crippen molar-refractivity contribution in [3.63, 3.8) is 0 Å². The van der Waals surface area contributed by atoms with Crippen LogP contribution in [0.25, 0.3) is 0 Å². The molecule has 0 radical (unpaired) electrons. The van der Waals surface area contributed by atoms with Gasteiger partial charge in [0, 0.05) is 5.69 Å². The summed E-state index contributed by atoms with van der Waals surface area (Å²) < 4.78 is 56.1.